The Morgan fingerprint density at radius 2 is 2.04 bits per heavy atom. The highest BCUT2D eigenvalue weighted by Gasteiger charge is 2.29. The van der Waals surface area contributed by atoms with Crippen LogP contribution in [0.3, 0.4) is 0 Å². The fourth-order valence-electron chi connectivity index (χ4n) is 3.57. The molecule has 0 saturated heterocycles. The Hall–Kier alpha value is -3.14. The van der Waals surface area contributed by atoms with Crippen molar-refractivity contribution in [2.75, 3.05) is 6.54 Å². The number of aryl methyl sites for hydroxylation is 1. The molecule has 1 aliphatic carbocycles. The van der Waals surface area contributed by atoms with Crippen LogP contribution in [0.1, 0.15) is 29.5 Å². The zero-order valence-corrected chi connectivity index (χ0v) is 14.5. The second-order valence-corrected chi connectivity index (χ2v) is 6.39. The van der Waals surface area contributed by atoms with Gasteiger partial charge in [0.15, 0.2) is 5.58 Å². The Morgan fingerprint density at radius 3 is 2.88 bits per heavy atom. The first-order valence-corrected chi connectivity index (χ1v) is 8.79. The summed E-state index contributed by atoms with van der Waals surface area (Å²) >= 11 is 0. The Bertz CT molecular complexity index is 953. The quantitative estimate of drug-likeness (QED) is 0.504. The molecule has 1 amide bonds. The van der Waals surface area contributed by atoms with Crippen LogP contribution in [0.2, 0.25) is 0 Å². The number of nitrogens with zero attached hydrogens (tertiary/aromatic N) is 2. The van der Waals surface area contributed by atoms with Crippen LogP contribution in [0.25, 0.3) is 17.2 Å². The van der Waals surface area contributed by atoms with E-state index < -0.39 is 0 Å². The molecule has 4 heteroatoms. The van der Waals surface area contributed by atoms with Gasteiger partial charge in [-0.1, -0.05) is 42.5 Å². The van der Waals surface area contributed by atoms with Gasteiger partial charge in [0.1, 0.15) is 5.52 Å². The summed E-state index contributed by atoms with van der Waals surface area (Å²) in [6.45, 7) is 4.32. The summed E-state index contributed by atoms with van der Waals surface area (Å²) in [7, 11) is 0. The van der Waals surface area contributed by atoms with Crippen LogP contribution in [-0.2, 0) is 11.2 Å². The number of carbonyl (C=O) groups excluding carboxylic acids is 1. The Balaban J connectivity index is 1.57. The summed E-state index contributed by atoms with van der Waals surface area (Å²) in [5, 5.41) is 0. The molecule has 3 aromatic rings. The number of hydrogen-bond donors (Lipinski definition) is 0. The average Bonchev–Trinajstić information content (AvgIpc) is 3.28. The highest BCUT2D eigenvalue weighted by Crippen LogP contribution is 2.35. The number of oxazole rings is 1. The number of para-hydroxylation sites is 2. The third-order valence-corrected chi connectivity index (χ3v) is 4.77. The van der Waals surface area contributed by atoms with Crippen molar-refractivity contribution in [2.24, 2.45) is 0 Å². The normalized spacial score (nSPS) is 16.1. The fraction of sp³-hybridized carbons (Fsp3) is 0.182. The Labute approximate surface area is 152 Å². The SMILES string of the molecule is C=CCN(C(=O)/C=C/c1nc2ccccc2o1)C1CCc2ccccc21. The average molecular weight is 344 g/mol. The van der Waals surface area contributed by atoms with E-state index in [1.165, 1.54) is 17.2 Å². The van der Waals surface area contributed by atoms with E-state index in [-0.39, 0.29) is 11.9 Å². The van der Waals surface area contributed by atoms with Crippen LogP contribution in [0, 0.1) is 0 Å². The zero-order valence-electron chi connectivity index (χ0n) is 14.5. The second-order valence-electron chi connectivity index (χ2n) is 6.39. The van der Waals surface area contributed by atoms with Crippen molar-refractivity contribution < 1.29 is 9.21 Å². The lowest BCUT2D eigenvalue weighted by molar-refractivity contribution is -0.127. The molecule has 130 valence electrons. The Morgan fingerprint density at radius 1 is 1.23 bits per heavy atom. The van der Waals surface area contributed by atoms with Crippen molar-refractivity contribution >= 4 is 23.1 Å². The van der Waals surface area contributed by atoms with Crippen molar-refractivity contribution in [1.82, 2.24) is 9.88 Å². The first-order chi connectivity index (χ1) is 12.8. The summed E-state index contributed by atoms with van der Waals surface area (Å²) in [5.74, 6) is 0.374. The number of hydrogen-bond acceptors (Lipinski definition) is 3. The van der Waals surface area contributed by atoms with Gasteiger partial charge in [0, 0.05) is 18.7 Å². The summed E-state index contributed by atoms with van der Waals surface area (Å²) in [6.07, 6.45) is 6.88. The standard InChI is InChI=1S/C22H20N2O2/c1-2-15-24(19-12-11-16-7-3-4-8-17(16)19)22(25)14-13-21-23-18-9-5-6-10-20(18)26-21/h2-10,13-14,19H,1,11-12,15H2/b14-13+. The minimum Gasteiger partial charge on any atom is -0.437 e. The molecule has 4 rings (SSSR count). The largest absolute Gasteiger partial charge is 0.437 e. The van der Waals surface area contributed by atoms with Crippen LogP contribution < -0.4 is 0 Å². The van der Waals surface area contributed by atoms with Gasteiger partial charge in [0.2, 0.25) is 11.8 Å². The molecule has 26 heavy (non-hydrogen) atoms. The third-order valence-electron chi connectivity index (χ3n) is 4.77. The zero-order chi connectivity index (χ0) is 17.9. The third kappa shape index (κ3) is 3.06. The second kappa shape index (κ2) is 7.00. The molecule has 1 heterocycles. The maximum atomic E-state index is 12.8. The minimum atomic E-state index is -0.0612. The Kier molecular flexibility index (Phi) is 4.40. The van der Waals surface area contributed by atoms with Crippen molar-refractivity contribution in [1.29, 1.82) is 0 Å². The fourth-order valence-corrected chi connectivity index (χ4v) is 3.57. The molecular weight excluding hydrogens is 324 g/mol. The molecule has 1 unspecified atom stereocenters. The molecule has 1 aliphatic rings. The summed E-state index contributed by atoms with van der Waals surface area (Å²) in [6, 6.07) is 16.0. The molecule has 0 bridgehead atoms. The van der Waals surface area contributed by atoms with Crippen molar-refractivity contribution in [3.8, 4) is 0 Å². The predicted octanol–water partition coefficient (Wildman–Crippen LogP) is 4.54. The highest BCUT2D eigenvalue weighted by atomic mass is 16.3. The molecular formula is C22H20N2O2. The van der Waals surface area contributed by atoms with Gasteiger partial charge in [-0.3, -0.25) is 4.79 Å². The van der Waals surface area contributed by atoms with Crippen LogP contribution in [-0.4, -0.2) is 22.3 Å². The first kappa shape index (κ1) is 16.3. The molecule has 2 aromatic carbocycles. The maximum absolute atomic E-state index is 12.8. The van der Waals surface area contributed by atoms with E-state index in [4.69, 9.17) is 4.42 Å². The highest BCUT2D eigenvalue weighted by molar-refractivity contribution is 5.92. The van der Waals surface area contributed by atoms with E-state index in [2.05, 4.69) is 23.7 Å². The van der Waals surface area contributed by atoms with Crippen LogP contribution >= 0.6 is 0 Å². The van der Waals surface area contributed by atoms with E-state index >= 15 is 0 Å². The van der Waals surface area contributed by atoms with Crippen molar-refractivity contribution in [3.05, 3.63) is 84.3 Å². The molecule has 0 radical (unpaired) electrons. The smallest absolute Gasteiger partial charge is 0.247 e. The molecule has 0 aliphatic heterocycles. The van der Waals surface area contributed by atoms with Gasteiger partial charge in [-0.05, 0) is 36.1 Å². The molecule has 4 nitrogen and oxygen atoms in total. The van der Waals surface area contributed by atoms with E-state index in [9.17, 15) is 4.79 Å². The number of amides is 1. The topological polar surface area (TPSA) is 46.3 Å². The van der Waals surface area contributed by atoms with E-state index in [0.29, 0.717) is 18.0 Å². The summed E-state index contributed by atoms with van der Waals surface area (Å²) in [5.41, 5.74) is 4.06. The lowest BCUT2D eigenvalue weighted by Gasteiger charge is -2.27. The molecule has 1 atom stereocenters. The molecule has 0 spiro atoms. The minimum absolute atomic E-state index is 0.0612. The van der Waals surface area contributed by atoms with Crippen LogP contribution in [0.5, 0.6) is 0 Å². The lowest BCUT2D eigenvalue weighted by atomic mass is 10.1. The number of aromatic nitrogens is 1. The van der Waals surface area contributed by atoms with E-state index in [1.807, 2.05) is 41.3 Å². The van der Waals surface area contributed by atoms with Gasteiger partial charge < -0.3 is 9.32 Å². The van der Waals surface area contributed by atoms with Gasteiger partial charge in [0.25, 0.3) is 0 Å². The van der Waals surface area contributed by atoms with Gasteiger partial charge in [-0.15, -0.1) is 6.58 Å². The van der Waals surface area contributed by atoms with Crippen molar-refractivity contribution in [3.63, 3.8) is 0 Å². The van der Waals surface area contributed by atoms with Gasteiger partial charge in [-0.25, -0.2) is 4.98 Å². The van der Waals surface area contributed by atoms with Crippen LogP contribution in [0.15, 0.2) is 71.7 Å². The molecule has 1 aromatic heterocycles. The predicted molar refractivity (Wildman–Crippen MR) is 102 cm³/mol. The molecule has 0 fully saturated rings. The molecule has 0 saturated carbocycles. The van der Waals surface area contributed by atoms with Crippen LogP contribution in [0.4, 0.5) is 0 Å². The lowest BCUT2D eigenvalue weighted by Crippen LogP contribution is -2.32. The maximum Gasteiger partial charge on any atom is 0.247 e. The van der Waals surface area contributed by atoms with E-state index in [1.54, 1.807) is 12.2 Å². The summed E-state index contributed by atoms with van der Waals surface area (Å²) < 4.78 is 5.65. The van der Waals surface area contributed by atoms with Gasteiger partial charge in [-0.2, -0.15) is 0 Å². The van der Waals surface area contributed by atoms with E-state index in [0.717, 1.165) is 18.4 Å². The summed E-state index contributed by atoms with van der Waals surface area (Å²) in [4.78, 5) is 19.1. The van der Waals surface area contributed by atoms with Gasteiger partial charge in [0.05, 0.1) is 6.04 Å². The number of fused-ring (bicyclic) bond motifs is 2. The number of carbonyl (C=O) groups is 1. The first-order valence-electron chi connectivity index (χ1n) is 8.79. The number of benzene rings is 2. The number of rotatable bonds is 5. The molecule has 0 N–H and O–H groups in total. The van der Waals surface area contributed by atoms with Gasteiger partial charge >= 0.3 is 0 Å². The van der Waals surface area contributed by atoms with Crippen molar-refractivity contribution in [2.45, 2.75) is 18.9 Å². The monoisotopic (exact) mass is 344 g/mol.